The zero-order chi connectivity index (χ0) is 15.9. The Balaban J connectivity index is 1.98. The summed E-state index contributed by atoms with van der Waals surface area (Å²) in [5.41, 5.74) is 2.03. The van der Waals surface area contributed by atoms with Gasteiger partial charge in [0.25, 0.3) is 0 Å². The minimum Gasteiger partial charge on any atom is -0.495 e. The Kier molecular flexibility index (Phi) is 5.68. The Hall–Kier alpha value is -2.18. The maximum absolute atomic E-state index is 9.36. The van der Waals surface area contributed by atoms with Crippen molar-refractivity contribution < 1.29 is 9.47 Å². The average Bonchev–Trinajstić information content (AvgIpc) is 2.51. The lowest BCUT2D eigenvalue weighted by Gasteiger charge is -2.12. The van der Waals surface area contributed by atoms with Crippen molar-refractivity contribution in [2.75, 3.05) is 13.7 Å². The zero-order valence-corrected chi connectivity index (χ0v) is 13.4. The predicted molar refractivity (Wildman–Crippen MR) is 87.6 cm³/mol. The molecule has 0 saturated carbocycles. The Morgan fingerprint density at radius 3 is 2.68 bits per heavy atom. The van der Waals surface area contributed by atoms with Crippen molar-refractivity contribution in [2.24, 2.45) is 0 Å². The second-order valence-electron chi connectivity index (χ2n) is 5.03. The summed E-state index contributed by atoms with van der Waals surface area (Å²) in [5, 5.41) is 9.87. The third-order valence-electron chi connectivity index (χ3n) is 3.40. The van der Waals surface area contributed by atoms with E-state index in [-0.39, 0.29) is 5.92 Å². The van der Waals surface area contributed by atoms with Crippen LogP contribution in [0.4, 0.5) is 0 Å². The maximum atomic E-state index is 9.36. The van der Waals surface area contributed by atoms with Crippen molar-refractivity contribution in [1.82, 2.24) is 0 Å². The lowest BCUT2D eigenvalue weighted by molar-refractivity contribution is 0.305. The normalized spacial score (nSPS) is 11.5. The van der Waals surface area contributed by atoms with Crippen molar-refractivity contribution >= 4 is 11.6 Å². The molecule has 2 rings (SSSR count). The number of ether oxygens (including phenoxy) is 2. The van der Waals surface area contributed by atoms with E-state index in [1.54, 1.807) is 19.2 Å². The molecule has 0 radical (unpaired) electrons. The van der Waals surface area contributed by atoms with Crippen LogP contribution in [-0.4, -0.2) is 13.7 Å². The van der Waals surface area contributed by atoms with E-state index in [9.17, 15) is 5.26 Å². The second-order valence-corrected chi connectivity index (χ2v) is 5.44. The number of hydrogen-bond donors (Lipinski definition) is 0. The Bertz CT molecular complexity index is 679. The molecule has 22 heavy (non-hydrogen) atoms. The lowest BCUT2D eigenvalue weighted by atomic mass is 9.97. The fourth-order valence-corrected chi connectivity index (χ4v) is 2.47. The average molecular weight is 316 g/mol. The van der Waals surface area contributed by atoms with E-state index in [0.29, 0.717) is 23.8 Å². The van der Waals surface area contributed by atoms with Gasteiger partial charge in [-0.2, -0.15) is 5.26 Å². The van der Waals surface area contributed by atoms with Crippen molar-refractivity contribution in [3.05, 3.63) is 58.6 Å². The third kappa shape index (κ3) is 4.16. The molecule has 3 nitrogen and oxygen atoms in total. The molecule has 0 heterocycles. The van der Waals surface area contributed by atoms with Gasteiger partial charge >= 0.3 is 0 Å². The number of benzene rings is 2. The van der Waals surface area contributed by atoms with Gasteiger partial charge in [0.05, 0.1) is 30.7 Å². The topological polar surface area (TPSA) is 42.2 Å². The summed E-state index contributed by atoms with van der Waals surface area (Å²) in [4.78, 5) is 0. The highest BCUT2D eigenvalue weighted by atomic mass is 35.5. The largest absolute Gasteiger partial charge is 0.495 e. The molecule has 0 amide bonds. The first kappa shape index (κ1) is 16.2. The van der Waals surface area contributed by atoms with E-state index in [1.807, 2.05) is 37.3 Å². The Morgan fingerprint density at radius 1 is 1.23 bits per heavy atom. The smallest absolute Gasteiger partial charge is 0.137 e. The highest BCUT2D eigenvalue weighted by Crippen LogP contribution is 2.29. The fourth-order valence-electron chi connectivity index (χ4n) is 2.20. The number of methoxy groups -OCH3 is 1. The molecule has 2 aromatic carbocycles. The molecular weight excluding hydrogens is 298 g/mol. The first-order valence-electron chi connectivity index (χ1n) is 7.06. The van der Waals surface area contributed by atoms with E-state index in [2.05, 4.69) is 6.07 Å². The summed E-state index contributed by atoms with van der Waals surface area (Å²) in [6, 6.07) is 15.6. The molecule has 0 aliphatic carbocycles. The summed E-state index contributed by atoms with van der Waals surface area (Å²) >= 11 is 6.11. The minimum absolute atomic E-state index is 0.256. The molecule has 0 aliphatic heterocycles. The summed E-state index contributed by atoms with van der Waals surface area (Å²) in [7, 11) is 1.57. The summed E-state index contributed by atoms with van der Waals surface area (Å²) < 4.78 is 10.8. The van der Waals surface area contributed by atoms with E-state index >= 15 is 0 Å². The van der Waals surface area contributed by atoms with Gasteiger partial charge in [-0.05, 0) is 42.3 Å². The molecule has 0 fully saturated rings. The van der Waals surface area contributed by atoms with Crippen molar-refractivity contribution in [1.29, 1.82) is 5.26 Å². The van der Waals surface area contributed by atoms with Gasteiger partial charge in [0.2, 0.25) is 0 Å². The van der Waals surface area contributed by atoms with Gasteiger partial charge in [-0.25, -0.2) is 0 Å². The number of nitriles is 1. The van der Waals surface area contributed by atoms with Crippen LogP contribution in [0.15, 0.2) is 42.5 Å². The first-order valence-corrected chi connectivity index (χ1v) is 7.44. The van der Waals surface area contributed by atoms with Crippen LogP contribution in [0.5, 0.6) is 11.5 Å². The Labute approximate surface area is 136 Å². The van der Waals surface area contributed by atoms with Gasteiger partial charge in [0.1, 0.15) is 11.5 Å². The molecule has 1 atom stereocenters. The van der Waals surface area contributed by atoms with Gasteiger partial charge in [0.15, 0.2) is 0 Å². The number of hydrogen-bond acceptors (Lipinski definition) is 3. The molecule has 0 aliphatic rings. The van der Waals surface area contributed by atoms with Crippen LogP contribution in [0.2, 0.25) is 5.02 Å². The van der Waals surface area contributed by atoms with Gasteiger partial charge in [-0.1, -0.05) is 29.8 Å². The van der Waals surface area contributed by atoms with Gasteiger partial charge in [-0.15, -0.1) is 0 Å². The van der Waals surface area contributed by atoms with Crippen molar-refractivity contribution in [3.8, 4) is 17.6 Å². The number of aryl methyl sites for hydroxylation is 1. The summed E-state index contributed by atoms with van der Waals surface area (Å²) in [5.74, 6) is 1.18. The van der Waals surface area contributed by atoms with Crippen molar-refractivity contribution in [3.63, 3.8) is 0 Å². The standard InChI is InChI=1S/C18H18ClNO2/c1-13-4-3-5-16(10-13)22-9-8-15(12-20)14-6-7-18(21-2)17(19)11-14/h3-7,10-11,15H,8-9H2,1-2H3. The van der Waals surface area contributed by atoms with Crippen LogP contribution >= 0.6 is 11.6 Å². The second kappa shape index (κ2) is 7.72. The lowest BCUT2D eigenvalue weighted by Crippen LogP contribution is -2.05. The highest BCUT2D eigenvalue weighted by Gasteiger charge is 2.13. The van der Waals surface area contributed by atoms with Gasteiger partial charge in [0, 0.05) is 6.42 Å². The predicted octanol–water partition coefficient (Wildman–Crippen LogP) is 4.73. The van der Waals surface area contributed by atoms with Crippen LogP contribution in [0.25, 0.3) is 0 Å². The van der Waals surface area contributed by atoms with Gasteiger partial charge < -0.3 is 9.47 Å². The van der Waals surface area contributed by atoms with E-state index in [0.717, 1.165) is 16.9 Å². The van der Waals surface area contributed by atoms with E-state index in [1.165, 1.54) is 0 Å². The molecule has 0 spiro atoms. The monoisotopic (exact) mass is 315 g/mol. The fraction of sp³-hybridized carbons (Fsp3) is 0.278. The summed E-state index contributed by atoms with van der Waals surface area (Å²) in [6.07, 6.45) is 0.604. The van der Waals surface area contributed by atoms with Crippen LogP contribution in [0, 0.1) is 18.3 Å². The number of halogens is 1. The molecule has 2 aromatic rings. The van der Waals surface area contributed by atoms with Crippen LogP contribution in [0.3, 0.4) is 0 Å². The zero-order valence-electron chi connectivity index (χ0n) is 12.7. The van der Waals surface area contributed by atoms with Gasteiger partial charge in [-0.3, -0.25) is 0 Å². The SMILES string of the molecule is COc1ccc(C(C#N)CCOc2cccc(C)c2)cc1Cl. The van der Waals surface area contributed by atoms with Crippen LogP contribution in [0.1, 0.15) is 23.5 Å². The molecule has 1 unspecified atom stereocenters. The maximum Gasteiger partial charge on any atom is 0.137 e. The quantitative estimate of drug-likeness (QED) is 0.773. The number of nitrogens with zero attached hydrogens (tertiary/aromatic N) is 1. The van der Waals surface area contributed by atoms with Crippen LogP contribution in [-0.2, 0) is 0 Å². The molecule has 0 N–H and O–H groups in total. The molecule has 0 aromatic heterocycles. The molecule has 4 heteroatoms. The Morgan fingerprint density at radius 2 is 2.05 bits per heavy atom. The molecule has 114 valence electrons. The summed E-state index contributed by atoms with van der Waals surface area (Å²) in [6.45, 7) is 2.50. The third-order valence-corrected chi connectivity index (χ3v) is 3.69. The van der Waals surface area contributed by atoms with Crippen LogP contribution < -0.4 is 9.47 Å². The number of rotatable bonds is 6. The minimum atomic E-state index is -0.256. The molecule has 0 bridgehead atoms. The first-order chi connectivity index (χ1) is 10.6. The van der Waals surface area contributed by atoms with Crippen molar-refractivity contribution in [2.45, 2.75) is 19.3 Å². The van der Waals surface area contributed by atoms with E-state index < -0.39 is 0 Å². The van der Waals surface area contributed by atoms with E-state index in [4.69, 9.17) is 21.1 Å². The highest BCUT2D eigenvalue weighted by molar-refractivity contribution is 6.32. The molecule has 0 saturated heterocycles. The molecular formula is C18H18ClNO2.